The average molecular weight is 513 g/mol. The molecule has 2 heterocycles. The summed E-state index contributed by atoms with van der Waals surface area (Å²) >= 11 is 0. The van der Waals surface area contributed by atoms with Crippen LogP contribution >= 0.6 is 0 Å². The van der Waals surface area contributed by atoms with Gasteiger partial charge < -0.3 is 5.11 Å². The summed E-state index contributed by atoms with van der Waals surface area (Å²) in [6.07, 6.45) is -2.38. The van der Waals surface area contributed by atoms with Crippen molar-refractivity contribution in [2.24, 2.45) is 0 Å². The number of likely N-dealkylation sites (tertiary alicyclic amines) is 1. The van der Waals surface area contributed by atoms with E-state index in [9.17, 15) is 22.7 Å². The molecule has 0 amide bonds. The minimum absolute atomic E-state index is 0.175. The second-order valence-corrected chi connectivity index (χ2v) is 10.7. The van der Waals surface area contributed by atoms with Gasteiger partial charge in [-0.1, -0.05) is 54.6 Å². The second-order valence-electron chi connectivity index (χ2n) is 10.7. The molecule has 2 aliphatic rings. The molecule has 2 aliphatic heterocycles. The summed E-state index contributed by atoms with van der Waals surface area (Å²) < 4.78 is 52.7. The molecule has 2 fully saturated rings. The lowest BCUT2D eigenvalue weighted by Crippen LogP contribution is -2.52. The number of halogens is 4. The van der Waals surface area contributed by atoms with Crippen molar-refractivity contribution in [2.45, 2.75) is 63.6 Å². The molecule has 3 atom stereocenters. The first-order valence-electron chi connectivity index (χ1n) is 12.7. The van der Waals surface area contributed by atoms with Crippen molar-refractivity contribution >= 4 is 0 Å². The Bertz CT molecular complexity index is 1220. The summed E-state index contributed by atoms with van der Waals surface area (Å²) in [7, 11) is 0. The smallest absolute Gasteiger partial charge is 0.376 e. The van der Waals surface area contributed by atoms with Crippen molar-refractivity contribution < 1.29 is 22.7 Å². The molecular formula is C30H32F4N2O. The van der Waals surface area contributed by atoms with E-state index in [1.54, 1.807) is 12.1 Å². The third-order valence-corrected chi connectivity index (χ3v) is 7.99. The zero-order valence-corrected chi connectivity index (χ0v) is 21.1. The molecular weight excluding hydrogens is 480 g/mol. The Balaban J connectivity index is 1.24. The van der Waals surface area contributed by atoms with E-state index in [2.05, 4.69) is 21.9 Å². The van der Waals surface area contributed by atoms with E-state index in [0.717, 1.165) is 55.4 Å². The molecule has 3 aromatic rings. The molecule has 0 spiro atoms. The Morgan fingerprint density at radius 1 is 0.838 bits per heavy atom. The molecule has 3 aromatic carbocycles. The van der Waals surface area contributed by atoms with Crippen molar-refractivity contribution in [1.29, 1.82) is 0 Å². The molecule has 0 aromatic heterocycles. The van der Waals surface area contributed by atoms with Crippen molar-refractivity contribution in [3.8, 4) is 11.1 Å². The van der Waals surface area contributed by atoms with Gasteiger partial charge in [0.1, 0.15) is 5.82 Å². The van der Waals surface area contributed by atoms with Crippen LogP contribution in [-0.2, 0) is 18.7 Å². The summed E-state index contributed by atoms with van der Waals surface area (Å²) in [4.78, 5) is 5.07. The number of alkyl halides is 3. The third kappa shape index (κ3) is 5.31. The van der Waals surface area contributed by atoms with Gasteiger partial charge in [-0.25, -0.2) is 4.39 Å². The number of aryl methyl sites for hydroxylation is 1. The number of rotatable bonds is 6. The number of hydrogen-bond donors (Lipinski definition) is 1. The Morgan fingerprint density at radius 3 is 2.00 bits per heavy atom. The minimum atomic E-state index is -4.74. The lowest BCUT2D eigenvalue weighted by atomic mass is 9.92. The lowest BCUT2D eigenvalue weighted by Gasteiger charge is -2.41. The summed E-state index contributed by atoms with van der Waals surface area (Å²) in [5, 5.41) is 9.93. The highest BCUT2D eigenvalue weighted by Gasteiger charge is 2.51. The zero-order valence-electron chi connectivity index (χ0n) is 21.1. The number of piperazine rings is 1. The van der Waals surface area contributed by atoms with Crippen molar-refractivity contribution in [1.82, 2.24) is 9.80 Å². The van der Waals surface area contributed by atoms with Crippen LogP contribution in [0.2, 0.25) is 0 Å². The van der Waals surface area contributed by atoms with Crippen LogP contribution in [0.5, 0.6) is 0 Å². The van der Waals surface area contributed by atoms with Gasteiger partial charge in [0.15, 0.2) is 5.60 Å². The summed E-state index contributed by atoms with van der Waals surface area (Å²) in [5.41, 5.74) is 2.14. The topological polar surface area (TPSA) is 26.7 Å². The molecule has 0 radical (unpaired) electrons. The number of hydrogen-bond acceptors (Lipinski definition) is 3. The zero-order chi connectivity index (χ0) is 26.4. The third-order valence-electron chi connectivity index (χ3n) is 7.99. The fourth-order valence-corrected chi connectivity index (χ4v) is 5.81. The summed E-state index contributed by atoms with van der Waals surface area (Å²) in [5.74, 6) is -0.204. The Hall–Kier alpha value is -2.74. The van der Waals surface area contributed by atoms with Gasteiger partial charge in [0, 0.05) is 38.3 Å². The van der Waals surface area contributed by atoms with Gasteiger partial charge in [-0.3, -0.25) is 9.80 Å². The molecule has 1 N–H and O–H groups in total. The molecule has 3 nitrogen and oxygen atoms in total. The largest absolute Gasteiger partial charge is 0.421 e. The first kappa shape index (κ1) is 25.9. The first-order valence-corrected chi connectivity index (χ1v) is 12.7. The highest BCUT2D eigenvalue weighted by atomic mass is 19.4. The Morgan fingerprint density at radius 2 is 1.43 bits per heavy atom. The van der Waals surface area contributed by atoms with Gasteiger partial charge in [0.05, 0.1) is 0 Å². The maximum Gasteiger partial charge on any atom is 0.421 e. The van der Waals surface area contributed by atoms with Gasteiger partial charge in [0.25, 0.3) is 0 Å². The van der Waals surface area contributed by atoms with Crippen LogP contribution in [0.4, 0.5) is 17.6 Å². The fraction of sp³-hybridized carbons (Fsp3) is 0.400. The van der Waals surface area contributed by atoms with E-state index < -0.39 is 11.8 Å². The fourth-order valence-electron chi connectivity index (χ4n) is 5.81. The monoisotopic (exact) mass is 512 g/mol. The molecule has 2 bridgehead atoms. The van der Waals surface area contributed by atoms with Crippen LogP contribution in [-0.4, -0.2) is 46.3 Å². The summed E-state index contributed by atoms with van der Waals surface area (Å²) in [6, 6.07) is 20.0. The van der Waals surface area contributed by atoms with E-state index in [4.69, 9.17) is 0 Å². The average Bonchev–Trinajstić information content (AvgIpc) is 3.07. The van der Waals surface area contributed by atoms with Crippen molar-refractivity contribution in [3.63, 3.8) is 0 Å². The summed E-state index contributed by atoms with van der Waals surface area (Å²) in [6.45, 7) is 6.50. The second kappa shape index (κ2) is 9.86. The molecule has 2 saturated heterocycles. The van der Waals surface area contributed by atoms with Gasteiger partial charge in [-0.05, 0) is 72.2 Å². The molecule has 3 unspecified atom stereocenters. The molecule has 0 saturated carbocycles. The van der Waals surface area contributed by atoms with Crippen LogP contribution in [0.15, 0.2) is 66.7 Å². The predicted molar refractivity (Wildman–Crippen MR) is 136 cm³/mol. The van der Waals surface area contributed by atoms with E-state index in [1.807, 2.05) is 25.1 Å². The van der Waals surface area contributed by atoms with Crippen LogP contribution in [0.1, 0.15) is 42.0 Å². The van der Waals surface area contributed by atoms with Crippen LogP contribution < -0.4 is 0 Å². The lowest BCUT2D eigenvalue weighted by molar-refractivity contribution is -0.258. The van der Waals surface area contributed by atoms with E-state index in [0.29, 0.717) is 12.1 Å². The van der Waals surface area contributed by atoms with Crippen molar-refractivity contribution in [2.75, 3.05) is 13.1 Å². The van der Waals surface area contributed by atoms with E-state index in [-0.39, 0.29) is 11.4 Å². The Labute approximate surface area is 215 Å². The van der Waals surface area contributed by atoms with Crippen LogP contribution in [0, 0.1) is 12.7 Å². The molecule has 196 valence electrons. The quantitative estimate of drug-likeness (QED) is 0.386. The van der Waals surface area contributed by atoms with E-state index >= 15 is 0 Å². The SMILES string of the molecule is Cc1cc(CN2CC3CCC(C2)N3Cc2ccc(F)cc2)ccc1-c1ccc(C(C)(O)C(F)(F)F)cc1. The first-order chi connectivity index (χ1) is 17.5. The maximum absolute atomic E-state index is 13.3. The molecule has 0 aliphatic carbocycles. The standard InChI is InChI=1S/C30H32F4N2O/c1-20-15-22(5-14-28(20)23-6-8-24(9-7-23)29(2,37)30(32,33)34)16-35-18-26-12-13-27(19-35)36(26)17-21-3-10-25(31)11-4-21/h3-11,14-15,26-27,37H,12-13,16-19H2,1-2H3. The Kier molecular flexibility index (Phi) is 6.90. The highest BCUT2D eigenvalue weighted by Crippen LogP contribution is 2.39. The number of fused-ring (bicyclic) bond motifs is 2. The predicted octanol–water partition coefficient (Wildman–Crippen LogP) is 6.42. The van der Waals surface area contributed by atoms with Crippen molar-refractivity contribution in [3.05, 3.63) is 94.8 Å². The number of nitrogens with zero attached hydrogens (tertiary/aromatic N) is 2. The number of aliphatic hydroxyl groups is 1. The normalized spacial score (nSPS) is 22.2. The molecule has 5 rings (SSSR count). The maximum atomic E-state index is 13.3. The molecule has 7 heteroatoms. The van der Waals surface area contributed by atoms with Gasteiger partial charge >= 0.3 is 6.18 Å². The van der Waals surface area contributed by atoms with Gasteiger partial charge in [0.2, 0.25) is 0 Å². The van der Waals surface area contributed by atoms with Crippen LogP contribution in [0.3, 0.4) is 0 Å². The van der Waals surface area contributed by atoms with Gasteiger partial charge in [-0.15, -0.1) is 0 Å². The minimum Gasteiger partial charge on any atom is -0.376 e. The molecule has 37 heavy (non-hydrogen) atoms. The van der Waals surface area contributed by atoms with Crippen LogP contribution in [0.25, 0.3) is 11.1 Å². The highest BCUT2D eigenvalue weighted by molar-refractivity contribution is 5.68. The van der Waals surface area contributed by atoms with Gasteiger partial charge in [-0.2, -0.15) is 13.2 Å². The van der Waals surface area contributed by atoms with E-state index in [1.165, 1.54) is 42.7 Å². The number of benzene rings is 3.